The van der Waals surface area contributed by atoms with Crippen molar-refractivity contribution >= 4 is 11.3 Å². The Balaban J connectivity index is 1.74. The van der Waals surface area contributed by atoms with Crippen molar-refractivity contribution in [2.24, 2.45) is 0 Å². The Labute approximate surface area is 131 Å². The second-order valence-electron chi connectivity index (χ2n) is 6.45. The Kier molecular flexibility index (Phi) is 5.50. The van der Waals surface area contributed by atoms with Gasteiger partial charge in [0.2, 0.25) is 0 Å². The first-order valence-corrected chi connectivity index (χ1v) is 8.20. The molecule has 1 N–H and O–H groups in total. The third-order valence-electron chi connectivity index (χ3n) is 3.13. The molecule has 0 unspecified atom stereocenters. The molecular formula is C15H25N5S. The van der Waals surface area contributed by atoms with Crippen LogP contribution in [0, 0.1) is 0 Å². The van der Waals surface area contributed by atoms with Gasteiger partial charge in [-0.1, -0.05) is 5.21 Å². The lowest BCUT2D eigenvalue weighted by molar-refractivity contribution is 0.304. The number of nitrogens with one attached hydrogen (secondary N) is 1. The van der Waals surface area contributed by atoms with E-state index in [9.17, 15) is 0 Å². The minimum atomic E-state index is 0.102. The third kappa shape index (κ3) is 5.95. The van der Waals surface area contributed by atoms with E-state index >= 15 is 0 Å². The van der Waals surface area contributed by atoms with Gasteiger partial charge in [-0.05, 0) is 50.2 Å². The lowest BCUT2D eigenvalue weighted by atomic mass is 10.1. The summed E-state index contributed by atoms with van der Waals surface area (Å²) in [5.41, 5.74) is 2.46. The molecule has 0 aliphatic heterocycles. The van der Waals surface area contributed by atoms with Crippen LogP contribution in [0.5, 0.6) is 0 Å². The highest BCUT2D eigenvalue weighted by molar-refractivity contribution is 7.07. The summed E-state index contributed by atoms with van der Waals surface area (Å²) in [6.45, 7) is 10.0. The average Bonchev–Trinajstić information content (AvgIpc) is 3.04. The molecule has 6 heteroatoms. The van der Waals surface area contributed by atoms with Gasteiger partial charge in [0.1, 0.15) is 0 Å². The van der Waals surface area contributed by atoms with Crippen LogP contribution >= 0.6 is 11.3 Å². The molecule has 0 atom stereocenters. The van der Waals surface area contributed by atoms with Crippen molar-refractivity contribution in [1.82, 2.24) is 25.2 Å². The first-order chi connectivity index (χ1) is 9.92. The van der Waals surface area contributed by atoms with E-state index in [4.69, 9.17) is 0 Å². The maximum Gasteiger partial charge on any atom is 0.0965 e. The van der Waals surface area contributed by atoms with E-state index in [-0.39, 0.29) is 5.54 Å². The number of thiophene rings is 1. The van der Waals surface area contributed by atoms with Crippen LogP contribution in [0.25, 0.3) is 0 Å². The van der Waals surface area contributed by atoms with Gasteiger partial charge in [0.05, 0.1) is 12.2 Å². The maximum atomic E-state index is 4.21. The number of hydrogen-bond donors (Lipinski definition) is 1. The van der Waals surface area contributed by atoms with Crippen LogP contribution < -0.4 is 5.32 Å². The molecule has 2 rings (SSSR count). The van der Waals surface area contributed by atoms with Crippen LogP contribution in [-0.2, 0) is 19.6 Å². The fraction of sp³-hybridized carbons (Fsp3) is 0.600. The van der Waals surface area contributed by atoms with Gasteiger partial charge < -0.3 is 10.2 Å². The fourth-order valence-corrected chi connectivity index (χ4v) is 2.59. The predicted molar refractivity (Wildman–Crippen MR) is 87.3 cm³/mol. The van der Waals surface area contributed by atoms with Crippen molar-refractivity contribution in [3.8, 4) is 0 Å². The fourth-order valence-electron chi connectivity index (χ4n) is 1.93. The quantitative estimate of drug-likeness (QED) is 0.853. The molecule has 0 spiro atoms. The summed E-state index contributed by atoms with van der Waals surface area (Å²) in [5, 5.41) is 16.1. The van der Waals surface area contributed by atoms with E-state index < -0.39 is 0 Å². The van der Waals surface area contributed by atoms with Gasteiger partial charge in [0.25, 0.3) is 0 Å². The molecule has 0 aliphatic rings. The minimum absolute atomic E-state index is 0.102. The summed E-state index contributed by atoms with van der Waals surface area (Å²) in [4.78, 5) is 2.30. The molecule has 0 saturated carbocycles. The first-order valence-electron chi connectivity index (χ1n) is 7.26. The smallest absolute Gasteiger partial charge is 0.0965 e. The second-order valence-corrected chi connectivity index (χ2v) is 7.23. The zero-order valence-electron chi connectivity index (χ0n) is 13.3. The molecule has 0 bridgehead atoms. The Morgan fingerprint density at radius 1 is 1.38 bits per heavy atom. The van der Waals surface area contributed by atoms with E-state index in [2.05, 4.69) is 65.2 Å². The SMILES string of the molecule is CN(CCn1cc(CNC(C)(C)C)nn1)Cc1ccsc1. The molecule has 0 aliphatic carbocycles. The van der Waals surface area contributed by atoms with Crippen LogP contribution in [0.1, 0.15) is 32.0 Å². The van der Waals surface area contributed by atoms with E-state index in [0.717, 1.165) is 31.9 Å². The molecule has 0 amide bonds. The highest BCUT2D eigenvalue weighted by Crippen LogP contribution is 2.08. The van der Waals surface area contributed by atoms with Crippen molar-refractivity contribution in [1.29, 1.82) is 0 Å². The van der Waals surface area contributed by atoms with Gasteiger partial charge in [-0.3, -0.25) is 4.68 Å². The molecule has 5 nitrogen and oxygen atoms in total. The van der Waals surface area contributed by atoms with Crippen LogP contribution in [0.3, 0.4) is 0 Å². The third-order valence-corrected chi connectivity index (χ3v) is 3.86. The van der Waals surface area contributed by atoms with Crippen LogP contribution in [0.4, 0.5) is 0 Å². The molecule has 0 radical (unpaired) electrons. The minimum Gasteiger partial charge on any atom is -0.306 e. The largest absolute Gasteiger partial charge is 0.306 e. The summed E-state index contributed by atoms with van der Waals surface area (Å²) >= 11 is 1.75. The number of nitrogens with zero attached hydrogens (tertiary/aromatic N) is 4. The zero-order valence-corrected chi connectivity index (χ0v) is 14.2. The van der Waals surface area contributed by atoms with Crippen LogP contribution in [0.15, 0.2) is 23.0 Å². The molecular weight excluding hydrogens is 282 g/mol. The first kappa shape index (κ1) is 16.1. The summed E-state index contributed by atoms with van der Waals surface area (Å²) < 4.78 is 1.92. The number of likely N-dealkylation sites (N-methyl/N-ethyl adjacent to an activating group) is 1. The summed E-state index contributed by atoms with van der Waals surface area (Å²) in [6, 6.07) is 2.17. The number of rotatable bonds is 7. The number of hydrogen-bond acceptors (Lipinski definition) is 5. The molecule has 0 saturated heterocycles. The molecule has 0 aromatic carbocycles. The zero-order chi connectivity index (χ0) is 15.3. The summed E-state index contributed by atoms with van der Waals surface area (Å²) in [7, 11) is 2.14. The van der Waals surface area contributed by atoms with Gasteiger partial charge in [-0.25, -0.2) is 0 Å². The maximum absolute atomic E-state index is 4.21. The van der Waals surface area contributed by atoms with Crippen molar-refractivity contribution in [2.75, 3.05) is 13.6 Å². The summed E-state index contributed by atoms with van der Waals surface area (Å²) in [5.74, 6) is 0. The summed E-state index contributed by atoms with van der Waals surface area (Å²) in [6.07, 6.45) is 2.02. The Morgan fingerprint density at radius 2 is 2.19 bits per heavy atom. The topological polar surface area (TPSA) is 46.0 Å². The highest BCUT2D eigenvalue weighted by atomic mass is 32.1. The Bertz CT molecular complexity index is 527. The molecule has 116 valence electrons. The van der Waals surface area contributed by atoms with Gasteiger partial charge in [-0.15, -0.1) is 5.10 Å². The van der Waals surface area contributed by atoms with Crippen LogP contribution in [-0.4, -0.2) is 39.0 Å². The molecule has 21 heavy (non-hydrogen) atoms. The van der Waals surface area contributed by atoms with Gasteiger partial charge in [0.15, 0.2) is 0 Å². The molecule has 2 aromatic heterocycles. The number of aromatic nitrogens is 3. The Hall–Kier alpha value is -1.24. The second kappa shape index (κ2) is 7.15. The van der Waals surface area contributed by atoms with E-state index in [0.29, 0.717) is 0 Å². The van der Waals surface area contributed by atoms with E-state index in [1.807, 2.05) is 10.9 Å². The highest BCUT2D eigenvalue weighted by Gasteiger charge is 2.10. The van der Waals surface area contributed by atoms with E-state index in [1.54, 1.807) is 11.3 Å². The standard InChI is InChI=1S/C15H25N5S/c1-15(2,3)16-9-14-11-20(18-17-14)7-6-19(4)10-13-5-8-21-12-13/h5,8,11-12,16H,6-7,9-10H2,1-4H3. The van der Waals surface area contributed by atoms with Gasteiger partial charge in [0, 0.05) is 31.4 Å². The lowest BCUT2D eigenvalue weighted by Crippen LogP contribution is -2.35. The van der Waals surface area contributed by atoms with Crippen LogP contribution in [0.2, 0.25) is 0 Å². The van der Waals surface area contributed by atoms with Crippen molar-refractivity contribution < 1.29 is 0 Å². The lowest BCUT2D eigenvalue weighted by Gasteiger charge is -2.19. The van der Waals surface area contributed by atoms with Crippen molar-refractivity contribution in [3.63, 3.8) is 0 Å². The predicted octanol–water partition coefficient (Wildman–Crippen LogP) is 2.36. The molecule has 2 heterocycles. The normalized spacial score (nSPS) is 12.2. The van der Waals surface area contributed by atoms with Gasteiger partial charge in [-0.2, -0.15) is 11.3 Å². The average molecular weight is 307 g/mol. The van der Waals surface area contributed by atoms with Crippen molar-refractivity contribution in [3.05, 3.63) is 34.3 Å². The Morgan fingerprint density at radius 3 is 2.86 bits per heavy atom. The van der Waals surface area contributed by atoms with Crippen molar-refractivity contribution in [2.45, 2.75) is 45.9 Å². The van der Waals surface area contributed by atoms with Gasteiger partial charge >= 0.3 is 0 Å². The monoisotopic (exact) mass is 307 g/mol. The van der Waals surface area contributed by atoms with E-state index in [1.165, 1.54) is 5.56 Å². The molecule has 0 fully saturated rings. The molecule has 2 aromatic rings.